The van der Waals surface area contributed by atoms with Gasteiger partial charge in [0.25, 0.3) is 0 Å². The molecule has 3 heteroatoms. The van der Waals surface area contributed by atoms with E-state index in [1.54, 1.807) is 6.07 Å². The molecular weight excluding hydrogens is 225 g/mol. The summed E-state index contributed by atoms with van der Waals surface area (Å²) >= 11 is 5.62. The van der Waals surface area contributed by atoms with Crippen LogP contribution in [0.15, 0.2) is 18.2 Å². The molecule has 0 aliphatic heterocycles. The average molecular weight is 240 g/mol. The lowest BCUT2D eigenvalue weighted by atomic mass is 10.1. The van der Waals surface area contributed by atoms with Crippen molar-refractivity contribution in [1.82, 2.24) is 5.32 Å². The van der Waals surface area contributed by atoms with Crippen molar-refractivity contribution in [2.45, 2.75) is 32.4 Å². The van der Waals surface area contributed by atoms with E-state index >= 15 is 0 Å². The molecule has 1 aromatic carbocycles. The lowest BCUT2D eigenvalue weighted by Crippen LogP contribution is -2.28. The molecule has 1 nitrogen and oxygen atoms in total. The molecule has 0 bridgehead atoms. The summed E-state index contributed by atoms with van der Waals surface area (Å²) in [4.78, 5) is 0. The highest BCUT2D eigenvalue weighted by Crippen LogP contribution is 2.20. The van der Waals surface area contributed by atoms with Crippen LogP contribution in [0.5, 0.6) is 0 Å². The van der Waals surface area contributed by atoms with Crippen LogP contribution in [-0.2, 0) is 0 Å². The van der Waals surface area contributed by atoms with Gasteiger partial charge >= 0.3 is 0 Å². The first-order chi connectivity index (χ1) is 7.54. The fraction of sp³-hybridized carbons (Fsp3) is 0.385. The molecule has 0 fully saturated rings. The van der Waals surface area contributed by atoms with Crippen LogP contribution in [0.3, 0.4) is 0 Å². The lowest BCUT2D eigenvalue weighted by Gasteiger charge is -2.19. The van der Waals surface area contributed by atoms with E-state index in [1.165, 1.54) is 6.07 Å². The Morgan fingerprint density at radius 1 is 1.50 bits per heavy atom. The summed E-state index contributed by atoms with van der Waals surface area (Å²) in [6, 6.07) is 5.08. The molecule has 1 N–H and O–H groups in total. The Labute approximate surface area is 101 Å². The molecule has 2 unspecified atom stereocenters. The van der Waals surface area contributed by atoms with E-state index in [0.717, 1.165) is 5.56 Å². The number of hydrogen-bond donors (Lipinski definition) is 1. The van der Waals surface area contributed by atoms with E-state index in [0.29, 0.717) is 6.42 Å². The van der Waals surface area contributed by atoms with Gasteiger partial charge in [-0.25, -0.2) is 4.39 Å². The Balaban J connectivity index is 2.70. The van der Waals surface area contributed by atoms with Gasteiger partial charge in [-0.05, 0) is 31.5 Å². The molecule has 1 aromatic rings. The molecule has 0 spiro atoms. The highest BCUT2D eigenvalue weighted by atomic mass is 35.5. The van der Waals surface area contributed by atoms with Crippen molar-refractivity contribution in [1.29, 1.82) is 0 Å². The van der Waals surface area contributed by atoms with Gasteiger partial charge in [0.1, 0.15) is 5.82 Å². The maximum atomic E-state index is 13.2. The molecule has 1 rings (SSSR count). The van der Waals surface area contributed by atoms with Crippen molar-refractivity contribution in [2.75, 3.05) is 0 Å². The van der Waals surface area contributed by atoms with Gasteiger partial charge in [0.05, 0.1) is 5.02 Å². The Morgan fingerprint density at radius 2 is 2.19 bits per heavy atom. The van der Waals surface area contributed by atoms with Gasteiger partial charge in [-0.15, -0.1) is 12.3 Å². The number of terminal acetylenes is 1. The smallest absolute Gasteiger partial charge is 0.142 e. The number of halogens is 2. The second-order valence-corrected chi connectivity index (χ2v) is 4.28. The third-order valence-electron chi connectivity index (χ3n) is 2.40. The second kappa shape index (κ2) is 5.89. The molecule has 0 saturated heterocycles. The Hall–Kier alpha value is -1.04. The average Bonchev–Trinajstić information content (AvgIpc) is 2.22. The summed E-state index contributed by atoms with van der Waals surface area (Å²) in [5.74, 6) is 2.20. The molecular formula is C13H15ClFN. The third kappa shape index (κ3) is 3.52. The van der Waals surface area contributed by atoms with Gasteiger partial charge in [-0.3, -0.25) is 0 Å². The standard InChI is InChI=1S/C13H15ClFN/c1-4-5-9(2)16-10(3)11-6-7-12(14)13(15)8-11/h1,6-10,16H,5H2,2-3H3. The summed E-state index contributed by atoms with van der Waals surface area (Å²) in [6.45, 7) is 3.97. The molecule has 0 aromatic heterocycles. The first-order valence-electron chi connectivity index (χ1n) is 5.19. The van der Waals surface area contributed by atoms with Gasteiger partial charge in [0.15, 0.2) is 0 Å². The van der Waals surface area contributed by atoms with Crippen LogP contribution in [-0.4, -0.2) is 6.04 Å². The van der Waals surface area contributed by atoms with Crippen molar-refractivity contribution in [3.63, 3.8) is 0 Å². The fourth-order valence-electron chi connectivity index (χ4n) is 1.54. The van der Waals surface area contributed by atoms with Crippen molar-refractivity contribution in [3.05, 3.63) is 34.6 Å². The van der Waals surface area contributed by atoms with Crippen LogP contribution in [0.1, 0.15) is 31.9 Å². The van der Waals surface area contributed by atoms with E-state index in [1.807, 2.05) is 19.9 Å². The summed E-state index contributed by atoms with van der Waals surface area (Å²) in [5, 5.41) is 3.44. The van der Waals surface area contributed by atoms with Crippen LogP contribution in [0.4, 0.5) is 4.39 Å². The minimum Gasteiger partial charge on any atom is -0.307 e. The maximum Gasteiger partial charge on any atom is 0.142 e. The van der Waals surface area contributed by atoms with Gasteiger partial charge in [-0.1, -0.05) is 17.7 Å². The molecule has 0 heterocycles. The van der Waals surface area contributed by atoms with Gasteiger partial charge in [0.2, 0.25) is 0 Å². The highest BCUT2D eigenvalue weighted by Gasteiger charge is 2.10. The molecule has 0 radical (unpaired) electrons. The number of benzene rings is 1. The number of hydrogen-bond acceptors (Lipinski definition) is 1. The number of nitrogens with one attached hydrogen (secondary N) is 1. The third-order valence-corrected chi connectivity index (χ3v) is 2.71. The first kappa shape index (κ1) is 13.0. The van der Waals surface area contributed by atoms with Crippen LogP contribution in [0.25, 0.3) is 0 Å². The zero-order valence-corrected chi connectivity index (χ0v) is 10.2. The molecule has 0 amide bonds. The SMILES string of the molecule is C#CCC(C)NC(C)c1ccc(Cl)c(F)c1. The maximum absolute atomic E-state index is 13.2. The molecule has 86 valence electrons. The normalized spacial score (nSPS) is 14.2. The Bertz CT molecular complexity index is 397. The zero-order chi connectivity index (χ0) is 12.1. The van der Waals surface area contributed by atoms with E-state index in [4.69, 9.17) is 18.0 Å². The molecule has 0 aliphatic carbocycles. The topological polar surface area (TPSA) is 12.0 Å². The largest absolute Gasteiger partial charge is 0.307 e. The molecule has 2 atom stereocenters. The van der Waals surface area contributed by atoms with Crippen LogP contribution in [0.2, 0.25) is 5.02 Å². The van der Waals surface area contributed by atoms with Crippen LogP contribution < -0.4 is 5.32 Å². The van der Waals surface area contributed by atoms with E-state index in [2.05, 4.69) is 11.2 Å². The van der Waals surface area contributed by atoms with Crippen LogP contribution in [0, 0.1) is 18.2 Å². The monoisotopic (exact) mass is 239 g/mol. The lowest BCUT2D eigenvalue weighted by molar-refractivity contribution is 0.484. The Kier molecular flexibility index (Phi) is 4.79. The fourth-order valence-corrected chi connectivity index (χ4v) is 1.66. The minimum absolute atomic E-state index is 0.0510. The van der Waals surface area contributed by atoms with Gasteiger partial charge in [-0.2, -0.15) is 0 Å². The summed E-state index contributed by atoms with van der Waals surface area (Å²) in [7, 11) is 0. The van der Waals surface area contributed by atoms with Crippen molar-refractivity contribution >= 4 is 11.6 Å². The van der Waals surface area contributed by atoms with Crippen molar-refractivity contribution in [2.24, 2.45) is 0 Å². The predicted molar refractivity (Wildman–Crippen MR) is 65.9 cm³/mol. The highest BCUT2D eigenvalue weighted by molar-refractivity contribution is 6.30. The molecule has 0 aliphatic rings. The molecule has 0 saturated carbocycles. The van der Waals surface area contributed by atoms with Gasteiger partial charge in [0, 0.05) is 18.5 Å². The number of rotatable bonds is 4. The predicted octanol–water partition coefficient (Wildman–Crippen LogP) is 3.54. The van der Waals surface area contributed by atoms with Crippen LogP contribution >= 0.6 is 11.6 Å². The van der Waals surface area contributed by atoms with E-state index in [9.17, 15) is 4.39 Å². The first-order valence-corrected chi connectivity index (χ1v) is 5.57. The Morgan fingerprint density at radius 3 is 2.75 bits per heavy atom. The zero-order valence-electron chi connectivity index (χ0n) is 9.43. The summed E-state index contributed by atoms with van der Waals surface area (Å²) in [5.41, 5.74) is 0.866. The minimum atomic E-state index is -0.391. The quantitative estimate of drug-likeness (QED) is 0.793. The summed E-state index contributed by atoms with van der Waals surface area (Å²) < 4.78 is 13.2. The van der Waals surface area contributed by atoms with Crippen molar-refractivity contribution in [3.8, 4) is 12.3 Å². The van der Waals surface area contributed by atoms with Gasteiger partial charge < -0.3 is 5.32 Å². The second-order valence-electron chi connectivity index (χ2n) is 3.87. The van der Waals surface area contributed by atoms with Crippen molar-refractivity contribution < 1.29 is 4.39 Å². The van der Waals surface area contributed by atoms with E-state index < -0.39 is 5.82 Å². The molecule has 16 heavy (non-hydrogen) atoms. The summed E-state index contributed by atoms with van der Waals surface area (Å²) in [6.07, 6.45) is 5.87. The van der Waals surface area contributed by atoms with E-state index in [-0.39, 0.29) is 17.1 Å².